The first kappa shape index (κ1) is 11.7. The van der Waals surface area contributed by atoms with Crippen LogP contribution in [0.1, 0.15) is 28.8 Å². The summed E-state index contributed by atoms with van der Waals surface area (Å²) in [6, 6.07) is 13.0. The second-order valence-corrected chi connectivity index (χ2v) is 4.33. The highest BCUT2D eigenvalue weighted by atomic mass is 16.3. The number of ketones is 1. The van der Waals surface area contributed by atoms with E-state index in [1.54, 1.807) is 18.3 Å². The van der Waals surface area contributed by atoms with Gasteiger partial charge in [-0.25, -0.2) is 0 Å². The zero-order valence-corrected chi connectivity index (χ0v) is 10.6. The van der Waals surface area contributed by atoms with E-state index in [-0.39, 0.29) is 5.78 Å². The molecule has 0 bridgehead atoms. The standard InChI is InChI=1S/C16H13NO2/c1-2-12-8-9-14(19-12)16(18)13-7-3-5-11-6-4-10-17-15(11)13/h3-10H,2H2,1H3. The van der Waals surface area contributed by atoms with Gasteiger partial charge in [-0.1, -0.05) is 25.1 Å². The van der Waals surface area contributed by atoms with E-state index in [0.717, 1.165) is 17.6 Å². The molecule has 0 spiro atoms. The van der Waals surface area contributed by atoms with Gasteiger partial charge in [0.25, 0.3) is 0 Å². The number of furan rings is 1. The summed E-state index contributed by atoms with van der Waals surface area (Å²) in [5, 5.41) is 0.954. The largest absolute Gasteiger partial charge is 0.458 e. The monoisotopic (exact) mass is 251 g/mol. The summed E-state index contributed by atoms with van der Waals surface area (Å²) in [5.41, 5.74) is 1.29. The molecule has 0 saturated heterocycles. The van der Waals surface area contributed by atoms with Crippen molar-refractivity contribution in [3.05, 3.63) is 65.7 Å². The average Bonchev–Trinajstić information content (AvgIpc) is 2.95. The van der Waals surface area contributed by atoms with Crippen molar-refractivity contribution in [1.29, 1.82) is 0 Å². The van der Waals surface area contributed by atoms with Crippen LogP contribution in [0.5, 0.6) is 0 Å². The number of hydrogen-bond acceptors (Lipinski definition) is 3. The molecule has 94 valence electrons. The predicted octanol–water partition coefficient (Wildman–Crippen LogP) is 3.62. The van der Waals surface area contributed by atoms with Gasteiger partial charge in [0.2, 0.25) is 5.78 Å². The summed E-state index contributed by atoms with van der Waals surface area (Å²) in [7, 11) is 0. The molecule has 0 atom stereocenters. The van der Waals surface area contributed by atoms with Crippen LogP contribution in [-0.2, 0) is 6.42 Å². The Kier molecular flexibility index (Phi) is 2.88. The number of rotatable bonds is 3. The molecule has 0 fully saturated rings. The Balaban J connectivity index is 2.11. The van der Waals surface area contributed by atoms with Gasteiger partial charge < -0.3 is 4.42 Å². The van der Waals surface area contributed by atoms with Gasteiger partial charge in [0.15, 0.2) is 5.76 Å². The van der Waals surface area contributed by atoms with E-state index < -0.39 is 0 Å². The fourth-order valence-electron chi connectivity index (χ4n) is 2.11. The summed E-state index contributed by atoms with van der Waals surface area (Å²) in [5.74, 6) is 1.07. The minimum Gasteiger partial charge on any atom is -0.458 e. The third-order valence-electron chi connectivity index (χ3n) is 3.11. The Labute approximate surface area is 110 Å². The molecule has 1 aromatic carbocycles. The van der Waals surface area contributed by atoms with Gasteiger partial charge in [0, 0.05) is 18.0 Å². The maximum atomic E-state index is 12.5. The van der Waals surface area contributed by atoms with E-state index in [1.165, 1.54) is 0 Å². The number of carbonyl (C=O) groups excluding carboxylic acids is 1. The number of benzene rings is 1. The van der Waals surface area contributed by atoms with E-state index in [2.05, 4.69) is 4.98 Å². The molecule has 3 aromatic rings. The van der Waals surface area contributed by atoms with Gasteiger partial charge in [-0.15, -0.1) is 0 Å². The summed E-state index contributed by atoms with van der Waals surface area (Å²) in [6.45, 7) is 1.99. The van der Waals surface area contributed by atoms with Gasteiger partial charge in [0.05, 0.1) is 11.1 Å². The van der Waals surface area contributed by atoms with Crippen LogP contribution in [0.15, 0.2) is 53.1 Å². The third-order valence-corrected chi connectivity index (χ3v) is 3.11. The van der Waals surface area contributed by atoms with Gasteiger partial charge in [-0.05, 0) is 24.3 Å². The lowest BCUT2D eigenvalue weighted by Crippen LogP contribution is -2.01. The van der Waals surface area contributed by atoms with E-state index in [0.29, 0.717) is 16.8 Å². The summed E-state index contributed by atoms with van der Waals surface area (Å²) < 4.78 is 5.52. The summed E-state index contributed by atoms with van der Waals surface area (Å²) in [6.07, 6.45) is 2.47. The maximum Gasteiger partial charge on any atom is 0.230 e. The summed E-state index contributed by atoms with van der Waals surface area (Å²) in [4.78, 5) is 16.7. The van der Waals surface area contributed by atoms with Gasteiger partial charge in [-0.3, -0.25) is 9.78 Å². The van der Waals surface area contributed by atoms with Crippen LogP contribution in [0.25, 0.3) is 10.9 Å². The van der Waals surface area contributed by atoms with Crippen LogP contribution < -0.4 is 0 Å². The second kappa shape index (κ2) is 4.69. The highest BCUT2D eigenvalue weighted by molar-refractivity contribution is 6.14. The second-order valence-electron chi connectivity index (χ2n) is 4.33. The number of carbonyl (C=O) groups is 1. The molecule has 0 radical (unpaired) electrons. The van der Waals surface area contributed by atoms with Crippen LogP contribution in [0, 0.1) is 0 Å². The first-order chi connectivity index (χ1) is 9.29. The fraction of sp³-hybridized carbons (Fsp3) is 0.125. The minimum atomic E-state index is -0.121. The number of nitrogens with zero attached hydrogens (tertiary/aromatic N) is 1. The SMILES string of the molecule is CCc1ccc(C(=O)c2cccc3cccnc23)o1. The Morgan fingerprint density at radius 2 is 2.00 bits per heavy atom. The van der Waals surface area contributed by atoms with Gasteiger partial charge >= 0.3 is 0 Å². The Bertz CT molecular complexity index is 738. The highest BCUT2D eigenvalue weighted by Crippen LogP contribution is 2.20. The van der Waals surface area contributed by atoms with Crippen molar-refractivity contribution < 1.29 is 9.21 Å². The molecule has 0 amide bonds. The molecule has 19 heavy (non-hydrogen) atoms. The number of fused-ring (bicyclic) bond motifs is 1. The molecule has 3 nitrogen and oxygen atoms in total. The number of aromatic nitrogens is 1. The Morgan fingerprint density at radius 1 is 1.16 bits per heavy atom. The molecule has 0 saturated carbocycles. The molecule has 0 unspecified atom stereocenters. The number of hydrogen-bond donors (Lipinski definition) is 0. The third kappa shape index (κ3) is 2.03. The van der Waals surface area contributed by atoms with Crippen LogP contribution in [0.2, 0.25) is 0 Å². The van der Waals surface area contributed by atoms with E-state index >= 15 is 0 Å². The van der Waals surface area contributed by atoms with E-state index in [4.69, 9.17) is 4.42 Å². The molecular weight excluding hydrogens is 238 g/mol. The van der Waals surface area contributed by atoms with Crippen molar-refractivity contribution in [1.82, 2.24) is 4.98 Å². The Morgan fingerprint density at radius 3 is 2.79 bits per heavy atom. The van der Waals surface area contributed by atoms with Crippen molar-refractivity contribution >= 4 is 16.7 Å². The fourth-order valence-corrected chi connectivity index (χ4v) is 2.11. The molecule has 0 aliphatic carbocycles. The zero-order chi connectivity index (χ0) is 13.2. The number of pyridine rings is 1. The topological polar surface area (TPSA) is 43.1 Å². The van der Waals surface area contributed by atoms with Crippen LogP contribution in [-0.4, -0.2) is 10.8 Å². The molecule has 3 heteroatoms. The van der Waals surface area contributed by atoms with Crippen LogP contribution in [0.4, 0.5) is 0 Å². The molecule has 0 aliphatic heterocycles. The molecule has 0 N–H and O–H groups in total. The number of aryl methyl sites for hydroxylation is 1. The quantitative estimate of drug-likeness (QED) is 0.668. The first-order valence-electron chi connectivity index (χ1n) is 6.26. The van der Waals surface area contributed by atoms with Crippen LogP contribution in [0.3, 0.4) is 0 Å². The normalized spacial score (nSPS) is 10.8. The zero-order valence-electron chi connectivity index (χ0n) is 10.6. The smallest absolute Gasteiger partial charge is 0.230 e. The van der Waals surface area contributed by atoms with Crippen molar-refractivity contribution in [3.63, 3.8) is 0 Å². The number of para-hydroxylation sites is 1. The minimum absolute atomic E-state index is 0.121. The average molecular weight is 251 g/mol. The van der Waals surface area contributed by atoms with Crippen molar-refractivity contribution in [2.75, 3.05) is 0 Å². The van der Waals surface area contributed by atoms with Crippen molar-refractivity contribution in [2.24, 2.45) is 0 Å². The highest BCUT2D eigenvalue weighted by Gasteiger charge is 2.16. The first-order valence-corrected chi connectivity index (χ1v) is 6.26. The van der Waals surface area contributed by atoms with Gasteiger partial charge in [0.1, 0.15) is 5.76 Å². The lowest BCUT2D eigenvalue weighted by atomic mass is 10.0. The molecule has 2 heterocycles. The van der Waals surface area contributed by atoms with Crippen LogP contribution >= 0.6 is 0 Å². The van der Waals surface area contributed by atoms with Crippen molar-refractivity contribution in [3.8, 4) is 0 Å². The lowest BCUT2D eigenvalue weighted by Gasteiger charge is -2.02. The molecular formula is C16H13NO2. The molecule has 3 rings (SSSR count). The van der Waals surface area contributed by atoms with Gasteiger partial charge in [-0.2, -0.15) is 0 Å². The van der Waals surface area contributed by atoms with E-state index in [1.807, 2.05) is 37.3 Å². The molecule has 0 aliphatic rings. The lowest BCUT2D eigenvalue weighted by molar-refractivity contribution is 0.101. The van der Waals surface area contributed by atoms with E-state index in [9.17, 15) is 4.79 Å². The Hall–Kier alpha value is -2.42. The molecule has 2 aromatic heterocycles. The summed E-state index contributed by atoms with van der Waals surface area (Å²) >= 11 is 0. The predicted molar refractivity (Wildman–Crippen MR) is 73.3 cm³/mol. The maximum absolute atomic E-state index is 12.5. The van der Waals surface area contributed by atoms with Crippen molar-refractivity contribution in [2.45, 2.75) is 13.3 Å².